The Morgan fingerprint density at radius 1 is 1.40 bits per heavy atom. The van der Waals surface area contributed by atoms with Gasteiger partial charge in [0.25, 0.3) is 0 Å². The van der Waals surface area contributed by atoms with E-state index in [2.05, 4.69) is 10.3 Å². The average Bonchev–Trinajstić information content (AvgIpc) is 2.70. The minimum absolute atomic E-state index is 0.242. The van der Waals surface area contributed by atoms with Gasteiger partial charge in [-0.3, -0.25) is 4.99 Å². The van der Waals surface area contributed by atoms with Gasteiger partial charge in [-0.25, -0.2) is 8.42 Å². The minimum Gasteiger partial charge on any atom is -0.370 e. The van der Waals surface area contributed by atoms with Crippen molar-refractivity contribution in [2.75, 3.05) is 17.6 Å². The van der Waals surface area contributed by atoms with E-state index in [1.165, 1.54) is 11.1 Å². The molecular weight excluding hydrogens is 274 g/mol. The zero-order valence-corrected chi connectivity index (χ0v) is 12.7. The standard InChI is InChI=1S/C14H21N3O2S/c1-10-5-6-12(8-11(10)2)17-14(15)16-9-13-4-3-7-20(13,18)19/h5-6,8,13H,3-4,7,9H2,1-2H3,(H3,15,16,17). The quantitative estimate of drug-likeness (QED) is 0.655. The Morgan fingerprint density at radius 3 is 2.75 bits per heavy atom. The Kier molecular flexibility index (Phi) is 4.32. The lowest BCUT2D eigenvalue weighted by Crippen LogP contribution is -2.26. The Labute approximate surface area is 120 Å². The van der Waals surface area contributed by atoms with Crippen LogP contribution in [0.25, 0.3) is 0 Å². The molecule has 1 heterocycles. The third kappa shape index (κ3) is 3.50. The van der Waals surface area contributed by atoms with Gasteiger partial charge < -0.3 is 11.1 Å². The monoisotopic (exact) mass is 295 g/mol. The molecule has 2 rings (SSSR count). The van der Waals surface area contributed by atoms with Crippen LogP contribution in [0.5, 0.6) is 0 Å². The van der Waals surface area contributed by atoms with E-state index in [9.17, 15) is 8.42 Å². The van der Waals surface area contributed by atoms with Crippen LogP contribution in [0, 0.1) is 13.8 Å². The summed E-state index contributed by atoms with van der Waals surface area (Å²) in [6.07, 6.45) is 1.41. The number of guanidine groups is 1. The molecule has 0 bridgehead atoms. The first-order chi connectivity index (χ1) is 9.38. The lowest BCUT2D eigenvalue weighted by molar-refractivity contribution is 0.590. The van der Waals surface area contributed by atoms with Crippen molar-refractivity contribution >= 4 is 21.5 Å². The predicted molar refractivity (Wildman–Crippen MR) is 82.8 cm³/mol. The summed E-state index contributed by atoms with van der Waals surface area (Å²) in [6, 6.07) is 5.92. The first-order valence-corrected chi connectivity index (χ1v) is 8.46. The average molecular weight is 295 g/mol. The van der Waals surface area contributed by atoms with Crippen LogP contribution in [-0.4, -0.2) is 31.9 Å². The van der Waals surface area contributed by atoms with Gasteiger partial charge in [-0.2, -0.15) is 0 Å². The van der Waals surface area contributed by atoms with Crippen LogP contribution in [0.2, 0.25) is 0 Å². The number of aryl methyl sites for hydroxylation is 2. The molecule has 6 heteroatoms. The molecule has 110 valence electrons. The lowest BCUT2D eigenvalue weighted by atomic mass is 10.1. The molecule has 0 aromatic heterocycles. The number of rotatable bonds is 3. The van der Waals surface area contributed by atoms with Crippen molar-refractivity contribution in [2.24, 2.45) is 10.7 Å². The van der Waals surface area contributed by atoms with Gasteiger partial charge in [-0.1, -0.05) is 6.07 Å². The van der Waals surface area contributed by atoms with Gasteiger partial charge in [0, 0.05) is 5.69 Å². The number of sulfone groups is 1. The maximum Gasteiger partial charge on any atom is 0.193 e. The summed E-state index contributed by atoms with van der Waals surface area (Å²) in [5.41, 5.74) is 9.05. The van der Waals surface area contributed by atoms with Crippen molar-refractivity contribution in [2.45, 2.75) is 31.9 Å². The smallest absolute Gasteiger partial charge is 0.193 e. The highest BCUT2D eigenvalue weighted by atomic mass is 32.2. The fourth-order valence-corrected chi connectivity index (χ4v) is 4.00. The second-order valence-corrected chi connectivity index (χ2v) is 7.68. The largest absolute Gasteiger partial charge is 0.370 e. The van der Waals surface area contributed by atoms with E-state index >= 15 is 0 Å². The summed E-state index contributed by atoms with van der Waals surface area (Å²) < 4.78 is 23.4. The van der Waals surface area contributed by atoms with Crippen LogP contribution >= 0.6 is 0 Å². The van der Waals surface area contributed by atoms with Gasteiger partial charge in [-0.15, -0.1) is 0 Å². The molecule has 0 spiro atoms. The molecule has 1 fully saturated rings. The van der Waals surface area contributed by atoms with Crippen LogP contribution in [-0.2, 0) is 9.84 Å². The molecule has 3 N–H and O–H groups in total. The van der Waals surface area contributed by atoms with Crippen LogP contribution in [0.15, 0.2) is 23.2 Å². The zero-order valence-electron chi connectivity index (χ0n) is 11.9. The minimum atomic E-state index is -2.96. The zero-order chi connectivity index (χ0) is 14.8. The van der Waals surface area contributed by atoms with Gasteiger partial charge in [0.1, 0.15) is 0 Å². The van der Waals surface area contributed by atoms with Gasteiger partial charge in [-0.05, 0) is 49.9 Å². The first-order valence-electron chi connectivity index (χ1n) is 6.74. The molecule has 1 atom stereocenters. The van der Waals surface area contributed by atoms with Crippen LogP contribution in [0.3, 0.4) is 0 Å². The fraction of sp³-hybridized carbons (Fsp3) is 0.500. The van der Waals surface area contributed by atoms with Crippen molar-refractivity contribution in [1.29, 1.82) is 0 Å². The Morgan fingerprint density at radius 2 is 2.15 bits per heavy atom. The van der Waals surface area contributed by atoms with Gasteiger partial charge >= 0.3 is 0 Å². The number of nitrogens with two attached hydrogens (primary N) is 1. The summed E-state index contributed by atoms with van der Waals surface area (Å²) in [5, 5.41) is 2.62. The fourth-order valence-electron chi connectivity index (χ4n) is 2.27. The highest BCUT2D eigenvalue weighted by Crippen LogP contribution is 2.20. The molecule has 1 aliphatic heterocycles. The highest BCUT2D eigenvalue weighted by Gasteiger charge is 2.30. The van der Waals surface area contributed by atoms with E-state index in [0.717, 1.165) is 12.1 Å². The van der Waals surface area contributed by atoms with E-state index in [1.807, 2.05) is 32.0 Å². The number of hydrogen-bond donors (Lipinski definition) is 2. The van der Waals surface area contributed by atoms with Gasteiger partial charge in [0.05, 0.1) is 17.5 Å². The molecule has 1 saturated heterocycles. The highest BCUT2D eigenvalue weighted by molar-refractivity contribution is 7.92. The Hall–Kier alpha value is -1.56. The number of nitrogens with one attached hydrogen (secondary N) is 1. The number of hydrogen-bond acceptors (Lipinski definition) is 3. The van der Waals surface area contributed by atoms with E-state index in [-0.39, 0.29) is 23.5 Å². The number of benzene rings is 1. The SMILES string of the molecule is Cc1ccc(NC(N)=NCC2CCCS2(=O)=O)cc1C. The summed E-state index contributed by atoms with van der Waals surface area (Å²) >= 11 is 0. The van der Waals surface area contributed by atoms with E-state index in [4.69, 9.17) is 5.73 Å². The molecule has 5 nitrogen and oxygen atoms in total. The second-order valence-electron chi connectivity index (χ2n) is 5.28. The third-order valence-corrected chi connectivity index (χ3v) is 5.97. The molecule has 20 heavy (non-hydrogen) atoms. The van der Waals surface area contributed by atoms with Crippen molar-refractivity contribution < 1.29 is 8.42 Å². The number of aliphatic imine (C=N–C) groups is 1. The summed E-state index contributed by atoms with van der Waals surface area (Å²) in [6.45, 7) is 4.31. The third-order valence-electron chi connectivity index (χ3n) is 3.71. The molecule has 1 unspecified atom stereocenters. The molecule has 1 aromatic rings. The number of anilines is 1. The van der Waals surface area contributed by atoms with E-state index in [1.54, 1.807) is 0 Å². The molecular formula is C14H21N3O2S. The van der Waals surface area contributed by atoms with E-state index < -0.39 is 9.84 Å². The van der Waals surface area contributed by atoms with Crippen molar-refractivity contribution in [3.8, 4) is 0 Å². The Bertz CT molecular complexity index is 623. The van der Waals surface area contributed by atoms with Crippen molar-refractivity contribution in [3.05, 3.63) is 29.3 Å². The summed E-state index contributed by atoms with van der Waals surface area (Å²) in [5.74, 6) is 0.535. The molecule has 1 aliphatic rings. The molecule has 0 aliphatic carbocycles. The molecule has 0 radical (unpaired) electrons. The maximum absolute atomic E-state index is 11.7. The predicted octanol–water partition coefficient (Wildman–Crippen LogP) is 1.61. The van der Waals surface area contributed by atoms with Crippen molar-refractivity contribution in [1.82, 2.24) is 0 Å². The lowest BCUT2D eigenvalue weighted by Gasteiger charge is -2.09. The van der Waals surface area contributed by atoms with Crippen LogP contribution < -0.4 is 11.1 Å². The van der Waals surface area contributed by atoms with Gasteiger partial charge in [0.2, 0.25) is 0 Å². The first kappa shape index (κ1) is 14.8. The Balaban J connectivity index is 1.99. The normalized spacial score (nSPS) is 21.9. The topological polar surface area (TPSA) is 84.5 Å². The second kappa shape index (κ2) is 5.83. The summed E-state index contributed by atoms with van der Waals surface area (Å²) in [4.78, 5) is 4.15. The molecule has 0 saturated carbocycles. The van der Waals surface area contributed by atoms with Gasteiger partial charge in [0.15, 0.2) is 15.8 Å². The van der Waals surface area contributed by atoms with Crippen LogP contribution in [0.1, 0.15) is 24.0 Å². The summed E-state index contributed by atoms with van der Waals surface area (Å²) in [7, 11) is -2.96. The van der Waals surface area contributed by atoms with E-state index in [0.29, 0.717) is 6.42 Å². The molecule has 0 amide bonds. The molecule has 1 aromatic carbocycles. The van der Waals surface area contributed by atoms with Crippen LogP contribution in [0.4, 0.5) is 5.69 Å². The number of nitrogens with zero attached hydrogens (tertiary/aromatic N) is 1. The van der Waals surface area contributed by atoms with Crippen molar-refractivity contribution in [3.63, 3.8) is 0 Å². The maximum atomic E-state index is 11.7.